The largest absolute Gasteiger partial charge is 0.492 e. The number of para-hydroxylation sites is 1. The highest BCUT2D eigenvalue weighted by atomic mass is 19.1. The van der Waals surface area contributed by atoms with E-state index in [1.807, 2.05) is 36.4 Å². The van der Waals surface area contributed by atoms with E-state index in [-0.39, 0.29) is 12.1 Å². The lowest BCUT2D eigenvalue weighted by Crippen LogP contribution is -2.35. The lowest BCUT2D eigenvalue weighted by Gasteiger charge is -2.31. The minimum atomic E-state index is -0.190. The molecule has 32 heavy (non-hydrogen) atoms. The first-order valence-corrected chi connectivity index (χ1v) is 11.7. The molecule has 0 unspecified atom stereocenters. The van der Waals surface area contributed by atoms with E-state index in [9.17, 15) is 4.39 Å². The molecule has 0 saturated carbocycles. The summed E-state index contributed by atoms with van der Waals surface area (Å²) in [4.78, 5) is 2.48. The number of aryl methyl sites for hydroxylation is 1. The topological polar surface area (TPSA) is 35.9 Å². The number of fused-ring (bicyclic) bond motifs is 1. The molecule has 0 atom stereocenters. The van der Waals surface area contributed by atoms with Gasteiger partial charge in [0, 0.05) is 31.1 Å². The van der Waals surface area contributed by atoms with Crippen LogP contribution < -0.4 is 4.74 Å². The molecule has 0 bridgehead atoms. The quantitative estimate of drug-likeness (QED) is 0.506. The first-order valence-electron chi connectivity index (χ1n) is 11.7. The van der Waals surface area contributed by atoms with Crippen LogP contribution in [0.1, 0.15) is 30.7 Å². The average Bonchev–Trinajstić information content (AvgIpc) is 3.47. The predicted octanol–water partition coefficient (Wildman–Crippen LogP) is 4.80. The van der Waals surface area contributed by atoms with Crippen LogP contribution in [0.5, 0.6) is 5.75 Å². The zero-order valence-electron chi connectivity index (χ0n) is 18.4. The number of hydrogen-bond donors (Lipinski definition) is 0. The van der Waals surface area contributed by atoms with Crippen molar-refractivity contribution in [2.75, 3.05) is 39.5 Å². The number of hydrogen-bond acceptors (Lipinski definition) is 4. The third-order valence-electron chi connectivity index (χ3n) is 6.62. The molecule has 2 aliphatic heterocycles. The van der Waals surface area contributed by atoms with E-state index < -0.39 is 0 Å². The minimum absolute atomic E-state index is 0.147. The van der Waals surface area contributed by atoms with E-state index in [1.165, 1.54) is 10.9 Å². The molecule has 0 aliphatic carbocycles. The second kappa shape index (κ2) is 10.0. The van der Waals surface area contributed by atoms with E-state index in [0.29, 0.717) is 25.7 Å². The highest BCUT2D eigenvalue weighted by molar-refractivity contribution is 5.84. The Hall–Kier alpha value is -2.41. The Kier molecular flexibility index (Phi) is 6.72. The summed E-state index contributed by atoms with van der Waals surface area (Å²) in [5.74, 6) is 1.23. The fraction of sp³-hybridized carbons (Fsp3) is 0.462. The van der Waals surface area contributed by atoms with Crippen LogP contribution in [0.25, 0.3) is 10.9 Å². The van der Waals surface area contributed by atoms with E-state index in [2.05, 4.69) is 15.7 Å². The third kappa shape index (κ3) is 4.98. The van der Waals surface area contributed by atoms with Gasteiger partial charge in [-0.25, -0.2) is 4.39 Å². The van der Waals surface area contributed by atoms with Crippen LogP contribution in [0.15, 0.2) is 54.7 Å². The van der Waals surface area contributed by atoms with E-state index in [0.717, 1.165) is 56.7 Å². The van der Waals surface area contributed by atoms with Crippen molar-refractivity contribution in [1.82, 2.24) is 9.47 Å². The van der Waals surface area contributed by atoms with Gasteiger partial charge in [-0.05, 0) is 67.7 Å². The van der Waals surface area contributed by atoms with Crippen molar-refractivity contribution < 1.29 is 18.6 Å². The summed E-state index contributed by atoms with van der Waals surface area (Å²) in [6, 6.07) is 15.2. The van der Waals surface area contributed by atoms with Crippen LogP contribution in [0.3, 0.4) is 0 Å². The number of nitrogens with zero attached hydrogens (tertiary/aromatic N) is 2. The summed E-state index contributed by atoms with van der Waals surface area (Å²) >= 11 is 0. The van der Waals surface area contributed by atoms with Crippen molar-refractivity contribution >= 4 is 10.9 Å². The van der Waals surface area contributed by atoms with Gasteiger partial charge in [0.15, 0.2) is 6.29 Å². The van der Waals surface area contributed by atoms with E-state index in [1.54, 1.807) is 12.1 Å². The standard InChI is InChI=1S/C26H31FN2O3/c27-21-6-7-23-24(19-29(25(23)18-21)13-10-26-31-16-17-32-26)20-8-11-28(12-9-20)14-15-30-22-4-2-1-3-5-22/h1-7,18-20,26H,8-17H2. The van der Waals surface area contributed by atoms with Gasteiger partial charge in [-0.2, -0.15) is 0 Å². The van der Waals surface area contributed by atoms with Crippen LogP contribution in [0.4, 0.5) is 4.39 Å². The van der Waals surface area contributed by atoms with Crippen molar-refractivity contribution in [3.05, 3.63) is 66.1 Å². The molecule has 6 heteroatoms. The Morgan fingerprint density at radius 2 is 1.75 bits per heavy atom. The molecule has 0 radical (unpaired) electrons. The van der Waals surface area contributed by atoms with Crippen molar-refractivity contribution in [3.63, 3.8) is 0 Å². The molecule has 0 N–H and O–H groups in total. The number of halogens is 1. The van der Waals surface area contributed by atoms with Gasteiger partial charge < -0.3 is 18.8 Å². The Morgan fingerprint density at radius 1 is 0.969 bits per heavy atom. The summed E-state index contributed by atoms with van der Waals surface area (Å²) < 4.78 is 33.2. The van der Waals surface area contributed by atoms with Crippen LogP contribution >= 0.6 is 0 Å². The summed E-state index contributed by atoms with van der Waals surface area (Å²) in [5, 5.41) is 1.17. The molecule has 0 amide bonds. The summed E-state index contributed by atoms with van der Waals surface area (Å²) in [5.41, 5.74) is 2.31. The van der Waals surface area contributed by atoms with Gasteiger partial charge in [0.1, 0.15) is 18.2 Å². The molecule has 3 aromatic rings. The zero-order valence-corrected chi connectivity index (χ0v) is 18.4. The van der Waals surface area contributed by atoms with Crippen LogP contribution in [0.2, 0.25) is 0 Å². The molecule has 2 aliphatic rings. The Morgan fingerprint density at radius 3 is 2.53 bits per heavy atom. The lowest BCUT2D eigenvalue weighted by atomic mass is 9.89. The van der Waals surface area contributed by atoms with Crippen molar-refractivity contribution in [2.24, 2.45) is 0 Å². The maximum absolute atomic E-state index is 14.0. The summed E-state index contributed by atoms with van der Waals surface area (Å²) in [6.07, 6.45) is 5.08. The minimum Gasteiger partial charge on any atom is -0.492 e. The number of likely N-dealkylation sites (tertiary alicyclic amines) is 1. The molecule has 2 fully saturated rings. The lowest BCUT2D eigenvalue weighted by molar-refractivity contribution is -0.0488. The molecule has 5 rings (SSSR count). The second-order valence-electron chi connectivity index (χ2n) is 8.68. The van der Waals surface area contributed by atoms with Crippen molar-refractivity contribution in [1.29, 1.82) is 0 Å². The van der Waals surface area contributed by atoms with Gasteiger partial charge in [0.2, 0.25) is 0 Å². The molecule has 2 saturated heterocycles. The third-order valence-corrected chi connectivity index (χ3v) is 6.62. The Labute approximate surface area is 188 Å². The van der Waals surface area contributed by atoms with Gasteiger partial charge in [-0.1, -0.05) is 18.2 Å². The molecular weight excluding hydrogens is 407 g/mol. The van der Waals surface area contributed by atoms with E-state index >= 15 is 0 Å². The fourth-order valence-electron chi connectivity index (χ4n) is 4.90. The molecule has 0 spiro atoms. The van der Waals surface area contributed by atoms with Crippen LogP contribution in [-0.2, 0) is 16.0 Å². The highest BCUT2D eigenvalue weighted by Gasteiger charge is 2.24. The Bertz CT molecular complexity index is 1010. The summed E-state index contributed by atoms with van der Waals surface area (Å²) in [7, 11) is 0. The van der Waals surface area contributed by atoms with Gasteiger partial charge in [0.05, 0.1) is 18.7 Å². The van der Waals surface area contributed by atoms with Gasteiger partial charge >= 0.3 is 0 Å². The molecule has 1 aromatic heterocycles. The predicted molar refractivity (Wildman–Crippen MR) is 123 cm³/mol. The first-order chi connectivity index (χ1) is 15.8. The number of piperidine rings is 1. The average molecular weight is 439 g/mol. The van der Waals surface area contributed by atoms with Gasteiger partial charge in [-0.15, -0.1) is 0 Å². The fourth-order valence-corrected chi connectivity index (χ4v) is 4.90. The normalized spacial score (nSPS) is 18.5. The van der Waals surface area contributed by atoms with Crippen LogP contribution in [0, 0.1) is 5.82 Å². The molecule has 2 aromatic carbocycles. The number of benzene rings is 2. The van der Waals surface area contributed by atoms with Crippen molar-refractivity contribution in [2.45, 2.75) is 38.0 Å². The maximum Gasteiger partial charge on any atom is 0.159 e. The van der Waals surface area contributed by atoms with E-state index in [4.69, 9.17) is 14.2 Å². The second-order valence-corrected chi connectivity index (χ2v) is 8.68. The Balaban J connectivity index is 1.21. The molecule has 3 heterocycles. The SMILES string of the molecule is Fc1ccc2c(C3CCN(CCOc4ccccc4)CC3)cn(CCC3OCCO3)c2c1. The van der Waals surface area contributed by atoms with Crippen molar-refractivity contribution in [3.8, 4) is 5.75 Å². The maximum atomic E-state index is 14.0. The zero-order chi connectivity index (χ0) is 21.8. The first kappa shape index (κ1) is 21.4. The number of aromatic nitrogens is 1. The highest BCUT2D eigenvalue weighted by Crippen LogP contribution is 2.35. The number of ether oxygens (including phenoxy) is 3. The molecule has 170 valence electrons. The van der Waals surface area contributed by atoms with Gasteiger partial charge in [0.25, 0.3) is 0 Å². The molecule has 5 nitrogen and oxygen atoms in total. The van der Waals surface area contributed by atoms with Gasteiger partial charge in [-0.3, -0.25) is 4.90 Å². The van der Waals surface area contributed by atoms with Crippen LogP contribution in [-0.4, -0.2) is 55.2 Å². The smallest absolute Gasteiger partial charge is 0.159 e. The monoisotopic (exact) mass is 438 g/mol. The summed E-state index contributed by atoms with van der Waals surface area (Å²) in [6.45, 7) is 5.84. The molecular formula is C26H31FN2O3. The number of rotatable bonds is 8.